The number of nitrogens with one attached hydrogen (secondary N) is 1. The summed E-state index contributed by atoms with van der Waals surface area (Å²) in [5.41, 5.74) is 1.10. The molecule has 1 N–H and O–H groups in total. The number of aromatic nitrogens is 1. The van der Waals surface area contributed by atoms with Crippen LogP contribution in [0.2, 0.25) is 0 Å². The molecule has 1 fully saturated rings. The summed E-state index contributed by atoms with van der Waals surface area (Å²) < 4.78 is 10.7. The van der Waals surface area contributed by atoms with Crippen molar-refractivity contribution >= 4 is 11.3 Å². The molecule has 1 aromatic heterocycles. The zero-order valence-corrected chi connectivity index (χ0v) is 12.0. The van der Waals surface area contributed by atoms with Gasteiger partial charge < -0.3 is 14.8 Å². The second-order valence-electron chi connectivity index (χ2n) is 4.73. The third-order valence-electron chi connectivity index (χ3n) is 3.24. The number of ether oxygens (including phenoxy) is 2. The Bertz CT molecular complexity index is 351. The van der Waals surface area contributed by atoms with E-state index < -0.39 is 0 Å². The highest BCUT2D eigenvalue weighted by atomic mass is 32.1. The summed E-state index contributed by atoms with van der Waals surface area (Å²) in [6.07, 6.45) is 2.36. The van der Waals surface area contributed by atoms with Crippen molar-refractivity contribution in [3.63, 3.8) is 0 Å². The topological polar surface area (TPSA) is 43.4 Å². The van der Waals surface area contributed by atoms with Crippen molar-refractivity contribution in [3.05, 3.63) is 16.1 Å². The molecule has 5 heteroatoms. The second kappa shape index (κ2) is 7.19. The molecule has 18 heavy (non-hydrogen) atoms. The number of hydrogen-bond acceptors (Lipinski definition) is 5. The molecule has 1 aliphatic heterocycles. The molecular weight excluding hydrogens is 248 g/mol. The SMILES string of the molecule is COCCNC(c1nc(C)cs1)C1CCCOC1. The highest BCUT2D eigenvalue weighted by Gasteiger charge is 2.27. The largest absolute Gasteiger partial charge is 0.383 e. The minimum atomic E-state index is 0.305. The van der Waals surface area contributed by atoms with E-state index in [2.05, 4.69) is 15.7 Å². The van der Waals surface area contributed by atoms with Gasteiger partial charge in [0.2, 0.25) is 0 Å². The number of hydrogen-bond donors (Lipinski definition) is 1. The molecule has 0 bridgehead atoms. The lowest BCUT2D eigenvalue weighted by Crippen LogP contribution is -2.35. The van der Waals surface area contributed by atoms with E-state index in [1.165, 1.54) is 11.4 Å². The first-order valence-electron chi connectivity index (χ1n) is 6.53. The molecule has 2 unspecified atom stereocenters. The molecule has 0 aliphatic carbocycles. The zero-order chi connectivity index (χ0) is 12.8. The molecular formula is C13H22N2O2S. The van der Waals surface area contributed by atoms with Gasteiger partial charge in [-0.2, -0.15) is 0 Å². The van der Waals surface area contributed by atoms with Crippen LogP contribution >= 0.6 is 11.3 Å². The van der Waals surface area contributed by atoms with Crippen LogP contribution in [0, 0.1) is 12.8 Å². The molecule has 4 nitrogen and oxygen atoms in total. The fourth-order valence-electron chi connectivity index (χ4n) is 2.32. The molecule has 2 atom stereocenters. The van der Waals surface area contributed by atoms with Crippen molar-refractivity contribution in [2.24, 2.45) is 5.92 Å². The van der Waals surface area contributed by atoms with Crippen LogP contribution in [0.4, 0.5) is 0 Å². The average Bonchev–Trinajstić information content (AvgIpc) is 2.82. The van der Waals surface area contributed by atoms with Gasteiger partial charge in [-0.05, 0) is 19.8 Å². The van der Waals surface area contributed by atoms with Gasteiger partial charge in [0.15, 0.2) is 0 Å². The fraction of sp³-hybridized carbons (Fsp3) is 0.769. The molecule has 102 valence electrons. The maximum atomic E-state index is 5.60. The summed E-state index contributed by atoms with van der Waals surface area (Å²) in [4.78, 5) is 4.62. The normalized spacial score (nSPS) is 22.0. The van der Waals surface area contributed by atoms with Crippen LogP contribution in [-0.2, 0) is 9.47 Å². The lowest BCUT2D eigenvalue weighted by molar-refractivity contribution is 0.0377. The van der Waals surface area contributed by atoms with Crippen LogP contribution in [-0.4, -0.2) is 38.5 Å². The molecule has 2 rings (SSSR count). The zero-order valence-electron chi connectivity index (χ0n) is 11.1. The highest BCUT2D eigenvalue weighted by Crippen LogP contribution is 2.30. The van der Waals surface area contributed by atoms with Crippen molar-refractivity contribution < 1.29 is 9.47 Å². The number of aryl methyl sites for hydroxylation is 1. The molecule has 1 aliphatic rings. The van der Waals surface area contributed by atoms with Crippen LogP contribution in [0.3, 0.4) is 0 Å². The molecule has 1 saturated heterocycles. The number of rotatable bonds is 6. The minimum Gasteiger partial charge on any atom is -0.383 e. The quantitative estimate of drug-likeness (QED) is 0.804. The van der Waals surface area contributed by atoms with E-state index in [0.717, 1.165) is 38.5 Å². The molecule has 2 heterocycles. The Morgan fingerprint density at radius 1 is 1.67 bits per heavy atom. The smallest absolute Gasteiger partial charge is 0.110 e. The monoisotopic (exact) mass is 270 g/mol. The van der Waals surface area contributed by atoms with Gasteiger partial charge in [0, 0.05) is 37.3 Å². The van der Waals surface area contributed by atoms with E-state index in [9.17, 15) is 0 Å². The van der Waals surface area contributed by atoms with Gasteiger partial charge in [0.1, 0.15) is 5.01 Å². The maximum absolute atomic E-state index is 5.60. The lowest BCUT2D eigenvalue weighted by atomic mass is 9.94. The first kappa shape index (κ1) is 13.9. The van der Waals surface area contributed by atoms with Gasteiger partial charge in [0.25, 0.3) is 0 Å². The van der Waals surface area contributed by atoms with Gasteiger partial charge in [-0.3, -0.25) is 0 Å². The summed E-state index contributed by atoms with van der Waals surface area (Å²) in [5, 5.41) is 6.86. The van der Waals surface area contributed by atoms with Gasteiger partial charge >= 0.3 is 0 Å². The van der Waals surface area contributed by atoms with E-state index in [-0.39, 0.29) is 0 Å². The predicted molar refractivity (Wildman–Crippen MR) is 73.0 cm³/mol. The maximum Gasteiger partial charge on any atom is 0.110 e. The molecule has 0 saturated carbocycles. The first-order valence-corrected chi connectivity index (χ1v) is 7.41. The van der Waals surface area contributed by atoms with E-state index in [1.54, 1.807) is 18.4 Å². The second-order valence-corrected chi connectivity index (χ2v) is 5.62. The van der Waals surface area contributed by atoms with E-state index in [0.29, 0.717) is 12.0 Å². The van der Waals surface area contributed by atoms with Gasteiger partial charge in [-0.15, -0.1) is 11.3 Å². The van der Waals surface area contributed by atoms with Crippen molar-refractivity contribution in [1.82, 2.24) is 10.3 Å². The number of thiazole rings is 1. The first-order chi connectivity index (χ1) is 8.81. The Labute approximate surface area is 113 Å². The Hall–Kier alpha value is -0.490. The third kappa shape index (κ3) is 3.75. The predicted octanol–water partition coefficient (Wildman–Crippen LogP) is 2.16. The van der Waals surface area contributed by atoms with Gasteiger partial charge in [-0.1, -0.05) is 0 Å². The summed E-state index contributed by atoms with van der Waals surface area (Å²) in [5.74, 6) is 0.529. The highest BCUT2D eigenvalue weighted by molar-refractivity contribution is 7.09. The fourth-order valence-corrected chi connectivity index (χ4v) is 3.28. The Morgan fingerprint density at radius 2 is 2.56 bits per heavy atom. The van der Waals surface area contributed by atoms with Crippen LogP contribution in [0.1, 0.15) is 29.6 Å². The van der Waals surface area contributed by atoms with Crippen LogP contribution in [0.5, 0.6) is 0 Å². The summed E-state index contributed by atoms with van der Waals surface area (Å²) in [6.45, 7) is 5.37. The van der Waals surface area contributed by atoms with Gasteiger partial charge in [0.05, 0.1) is 19.3 Å². The van der Waals surface area contributed by atoms with E-state index in [4.69, 9.17) is 9.47 Å². The Balaban J connectivity index is 2.01. The Kier molecular flexibility index (Phi) is 5.56. The van der Waals surface area contributed by atoms with Crippen molar-refractivity contribution in [3.8, 4) is 0 Å². The van der Waals surface area contributed by atoms with Crippen molar-refractivity contribution in [1.29, 1.82) is 0 Å². The molecule has 1 aromatic rings. The summed E-state index contributed by atoms with van der Waals surface area (Å²) >= 11 is 1.74. The number of methoxy groups -OCH3 is 1. The molecule has 0 radical (unpaired) electrons. The number of nitrogens with zero attached hydrogens (tertiary/aromatic N) is 1. The summed E-state index contributed by atoms with van der Waals surface area (Å²) in [7, 11) is 1.73. The van der Waals surface area contributed by atoms with E-state index in [1.807, 2.05) is 6.92 Å². The molecule has 0 spiro atoms. The average molecular weight is 270 g/mol. The van der Waals surface area contributed by atoms with Crippen LogP contribution in [0.15, 0.2) is 5.38 Å². The third-order valence-corrected chi connectivity index (χ3v) is 4.29. The summed E-state index contributed by atoms with van der Waals surface area (Å²) in [6, 6.07) is 0.305. The minimum absolute atomic E-state index is 0.305. The molecule has 0 amide bonds. The van der Waals surface area contributed by atoms with E-state index >= 15 is 0 Å². The van der Waals surface area contributed by atoms with Gasteiger partial charge in [-0.25, -0.2) is 4.98 Å². The lowest BCUT2D eigenvalue weighted by Gasteiger charge is -2.29. The Morgan fingerprint density at radius 3 is 3.17 bits per heavy atom. The van der Waals surface area contributed by atoms with Crippen LogP contribution < -0.4 is 5.32 Å². The van der Waals surface area contributed by atoms with Crippen molar-refractivity contribution in [2.75, 3.05) is 33.5 Å². The van der Waals surface area contributed by atoms with Crippen molar-refractivity contribution in [2.45, 2.75) is 25.8 Å². The standard InChI is InChI=1S/C13H22N2O2S/c1-10-9-18-13(15-10)12(14-5-7-16-2)11-4-3-6-17-8-11/h9,11-12,14H,3-8H2,1-2H3. The van der Waals surface area contributed by atoms with Crippen LogP contribution in [0.25, 0.3) is 0 Å². The molecule has 0 aromatic carbocycles.